The molecule has 24 heteroatoms. The highest BCUT2D eigenvalue weighted by atomic mass is 79.9. The summed E-state index contributed by atoms with van der Waals surface area (Å²) in [5.74, 6) is -0.507. The number of phenolic OH excluding ortho intramolecular Hbond substituents is 1. The molecule has 0 atom stereocenters. The third-order valence-electron chi connectivity index (χ3n) is 22.9. The lowest BCUT2D eigenvalue weighted by Crippen LogP contribution is -2.19. The van der Waals surface area contributed by atoms with Gasteiger partial charge in [-0.25, -0.2) is 61.8 Å². The van der Waals surface area contributed by atoms with Crippen LogP contribution in [0.4, 0.5) is 45.2 Å². The van der Waals surface area contributed by atoms with E-state index in [1.165, 1.54) is 42.5 Å². The highest BCUT2D eigenvalue weighted by Crippen LogP contribution is 2.40. The molecule has 0 radical (unpaired) electrons. The van der Waals surface area contributed by atoms with Gasteiger partial charge in [-0.1, -0.05) is 222 Å². The number of aromatic nitrogens is 8. The zero-order valence-electron chi connectivity index (χ0n) is 73.1. The molecule has 0 aliphatic heterocycles. The summed E-state index contributed by atoms with van der Waals surface area (Å²) in [6, 6.07) is 85.3. The van der Waals surface area contributed by atoms with Gasteiger partial charge in [0.2, 0.25) is 23.6 Å². The summed E-state index contributed by atoms with van der Waals surface area (Å²) >= 11 is 9.36. The molecule has 4 heterocycles. The fourth-order valence-electron chi connectivity index (χ4n) is 16.2. The molecule has 16 aromatic rings. The Bertz CT molecular complexity index is 6410. The number of nitrogens with one attached hydrogen (secondary N) is 4. The molecular weight excluding hydrogens is 1800 g/mol. The molecule has 0 unspecified atom stereocenters. The Hall–Kier alpha value is -16.0. The van der Waals surface area contributed by atoms with Gasteiger partial charge in [0.1, 0.15) is 57.6 Å². The molecule has 672 valence electrons. The minimum atomic E-state index is -0.349. The number of halogens is 7. The minimum Gasteiger partial charge on any atom is -0.508 e. The molecule has 12 aromatic carbocycles. The van der Waals surface area contributed by atoms with Crippen LogP contribution in [0, 0.1) is 29.1 Å². The highest BCUT2D eigenvalue weighted by Gasteiger charge is 2.29. The van der Waals surface area contributed by atoms with Crippen molar-refractivity contribution >= 4 is 123 Å². The number of phenols is 1. The summed E-state index contributed by atoms with van der Waals surface area (Å²) in [5, 5.41) is 21.8. The topological polar surface area (TPSA) is 240 Å². The maximum absolute atomic E-state index is 13.8. The van der Waals surface area contributed by atoms with Crippen LogP contribution in [0.3, 0.4) is 0 Å². The van der Waals surface area contributed by atoms with Gasteiger partial charge < -0.3 is 26.4 Å². The lowest BCUT2D eigenvalue weighted by atomic mass is 9.91. The van der Waals surface area contributed by atoms with E-state index in [1.807, 2.05) is 206 Å². The molecule has 4 aliphatic rings. The van der Waals surface area contributed by atoms with Crippen molar-refractivity contribution in [1.82, 2.24) is 39.9 Å². The summed E-state index contributed by atoms with van der Waals surface area (Å²) in [6.45, 7) is 0. The number of fused-ring (bicyclic) bond motifs is 12. The van der Waals surface area contributed by atoms with Gasteiger partial charge in [0.25, 0.3) is 0 Å². The van der Waals surface area contributed by atoms with E-state index >= 15 is 0 Å². The Morgan fingerprint density at radius 2 is 0.522 bits per heavy atom. The molecule has 0 fully saturated rings. The second kappa shape index (κ2) is 43.1. The molecule has 5 N–H and O–H groups in total. The first-order valence-corrected chi connectivity index (χ1v) is 45.3. The van der Waals surface area contributed by atoms with Crippen LogP contribution in [0.1, 0.15) is 112 Å². The van der Waals surface area contributed by atoms with Crippen LogP contribution in [0.5, 0.6) is 5.75 Å². The average molecular weight is 1890 g/mol. The number of amides is 4. The number of aromatic hydroxyl groups is 1. The van der Waals surface area contributed by atoms with Crippen molar-refractivity contribution < 1.29 is 46.2 Å². The molecule has 0 spiro atoms. The third kappa shape index (κ3) is 23.9. The van der Waals surface area contributed by atoms with E-state index in [0.29, 0.717) is 119 Å². The Morgan fingerprint density at radius 1 is 0.287 bits per heavy atom. The lowest BCUT2D eigenvalue weighted by molar-refractivity contribution is -0.116. The Labute approximate surface area is 795 Å². The number of carbonyl (C=O) groups is 4. The van der Waals surface area contributed by atoms with Gasteiger partial charge in [-0.05, 0) is 264 Å². The van der Waals surface area contributed by atoms with Gasteiger partial charge in [-0.2, -0.15) is 0 Å². The lowest BCUT2D eigenvalue weighted by Gasteiger charge is -2.20. The molecule has 17 nitrogen and oxygen atoms in total. The normalized spacial score (nSPS) is 12.3. The number of hydrogen-bond acceptors (Lipinski definition) is 13. The van der Waals surface area contributed by atoms with E-state index in [9.17, 15) is 46.2 Å². The number of rotatable bonds is 20. The van der Waals surface area contributed by atoms with Crippen LogP contribution in [-0.4, -0.2) is 68.6 Å². The summed E-state index contributed by atoms with van der Waals surface area (Å²) in [7, 11) is 0. The Balaban J connectivity index is 0.000000126. The van der Waals surface area contributed by atoms with Crippen molar-refractivity contribution in [1.29, 1.82) is 0 Å². The van der Waals surface area contributed by atoms with E-state index in [2.05, 4.69) is 37.2 Å². The van der Waals surface area contributed by atoms with Gasteiger partial charge in [-0.15, -0.1) is 0 Å². The van der Waals surface area contributed by atoms with E-state index in [1.54, 1.807) is 91.0 Å². The van der Waals surface area contributed by atoms with Gasteiger partial charge in [-0.3, -0.25) is 19.2 Å². The number of anilines is 4. The molecule has 0 saturated carbocycles. The molecule has 4 amide bonds. The molecule has 4 aliphatic carbocycles. The predicted molar refractivity (Wildman–Crippen MR) is 530 cm³/mol. The molecule has 0 bridgehead atoms. The third-order valence-corrected chi connectivity index (χ3v) is 23.7. The highest BCUT2D eigenvalue weighted by molar-refractivity contribution is 9.10. The molecule has 4 aromatic heterocycles. The number of carbonyl (C=O) groups excluding carboxylic acids is 4. The van der Waals surface area contributed by atoms with Gasteiger partial charge >= 0.3 is 0 Å². The first-order chi connectivity index (χ1) is 66.2. The van der Waals surface area contributed by atoms with Crippen LogP contribution in [0.2, 0.25) is 5.02 Å². The summed E-state index contributed by atoms with van der Waals surface area (Å²) in [5.41, 5.74) is 22.5. The first-order valence-electron chi connectivity index (χ1n) is 44.1. The molecule has 0 saturated heterocycles. The second-order valence-electron chi connectivity index (χ2n) is 32.6. The van der Waals surface area contributed by atoms with Crippen molar-refractivity contribution in [3.8, 4) is 50.8 Å². The van der Waals surface area contributed by atoms with Crippen LogP contribution >= 0.6 is 27.5 Å². The van der Waals surface area contributed by atoms with Crippen molar-refractivity contribution in [2.75, 3.05) is 21.3 Å². The molecule has 136 heavy (non-hydrogen) atoms. The minimum absolute atomic E-state index is 0.0863. The van der Waals surface area contributed by atoms with Gasteiger partial charge in [0.05, 0.1) is 71.2 Å². The number of benzene rings is 12. The van der Waals surface area contributed by atoms with Crippen molar-refractivity contribution in [2.24, 2.45) is 0 Å². The smallest absolute Gasteiger partial charge is 0.230 e. The van der Waals surface area contributed by atoms with Gasteiger partial charge in [0, 0.05) is 31.7 Å². The van der Waals surface area contributed by atoms with Crippen molar-refractivity contribution in [2.45, 2.75) is 77.0 Å². The maximum atomic E-state index is 13.8. The van der Waals surface area contributed by atoms with Crippen molar-refractivity contribution in [3.63, 3.8) is 0 Å². The average Bonchev–Trinajstić information content (AvgIpc) is 0.783. The van der Waals surface area contributed by atoms with Crippen molar-refractivity contribution in [3.05, 3.63) is 442 Å². The van der Waals surface area contributed by atoms with E-state index in [4.69, 9.17) is 51.5 Å². The Kier molecular flexibility index (Phi) is 29.2. The fraction of sp³-hybridized carbons (Fsp3) is 0.107. The van der Waals surface area contributed by atoms with E-state index in [-0.39, 0.29) is 84.1 Å². The van der Waals surface area contributed by atoms with Crippen LogP contribution < -0.4 is 21.3 Å². The SMILES string of the molecule is O=C(Cc1ccc(Br)cc1)Nc1nc2c(nc1/C=C/c1ccccc1)-c1ccc(F)cc1CC2.O=C(Cc1ccc(Cl)cc1)Nc1nc2c(nc1/C=C/c1ccccc1)-c1ccc(F)cc1CC2.O=C(Cc1ccc(F)cc1)Nc1nc2c(nc1/C=C/c1ccccc1)-c1ccc(F)cc1CC2.O=C(Cc1ccc(O)cc1)Nc1nc2c(nc1/C=C/c1ccccc1)-c1ccc(F)cc1CC2. The largest absolute Gasteiger partial charge is 0.508 e. The fourth-order valence-corrected chi connectivity index (χ4v) is 16.6. The zero-order valence-corrected chi connectivity index (χ0v) is 75.5. The van der Waals surface area contributed by atoms with Gasteiger partial charge in [0.15, 0.2) is 23.3 Å². The monoisotopic (exact) mass is 1890 g/mol. The second-order valence-corrected chi connectivity index (χ2v) is 34.0. The maximum Gasteiger partial charge on any atom is 0.230 e. The summed E-state index contributed by atoms with van der Waals surface area (Å²) in [6.07, 6.45) is 20.8. The Morgan fingerprint density at radius 3 is 0.787 bits per heavy atom. The van der Waals surface area contributed by atoms with E-state index < -0.39 is 0 Å². The summed E-state index contributed by atoms with van der Waals surface area (Å²) in [4.78, 5) is 89.7. The summed E-state index contributed by atoms with van der Waals surface area (Å²) < 4.78 is 69.2. The predicted octanol–water partition coefficient (Wildman–Crippen LogP) is 24.2. The molecular formula is C112H85BrClF5N12O5. The quantitative estimate of drug-likeness (QED) is 0.0447. The zero-order chi connectivity index (χ0) is 94.0. The van der Waals surface area contributed by atoms with Crippen LogP contribution in [0.15, 0.2) is 296 Å². The van der Waals surface area contributed by atoms with Crippen LogP contribution in [-0.2, 0) is 96.2 Å². The van der Waals surface area contributed by atoms with E-state index in [0.717, 1.165) is 122 Å². The number of nitrogens with zero attached hydrogens (tertiary/aromatic N) is 8. The molecule has 20 rings (SSSR count). The number of hydrogen-bond donors (Lipinski definition) is 5. The number of aryl methyl sites for hydroxylation is 8. The first kappa shape index (κ1) is 91.9. The van der Waals surface area contributed by atoms with Crippen LogP contribution in [0.25, 0.3) is 93.6 Å². The standard InChI is InChI=1S/C28H21BrFN3O.C28H21ClFN3O.C28H21F2N3O.C28H22FN3O2/c3*29-21-10-6-19(7-11-21)16-26(34)33-28-25(14-8-18-4-2-1-3-5-18)31-27-23-13-12-22(30)17-20(23)9-15-24(27)32-28;29-21-10-13-23-20(17-21)9-15-24-27(23)30-25(14-8-18-4-2-1-3-5-18)28(31-24)32-26(34)16-19-6-11-22(33)12-7-19/h3*1-8,10-14,17H,9,15-16H2,(H,32,33,34);1-8,10-14,17,33H,9,15-16H2,(H,31,32,34)/b4*14-8+.